The van der Waals surface area contributed by atoms with Gasteiger partial charge in [0.05, 0.1) is 5.41 Å². The second kappa shape index (κ2) is 8.20. The Bertz CT molecular complexity index is 1060. The van der Waals surface area contributed by atoms with Crippen molar-refractivity contribution in [2.75, 3.05) is 13.1 Å². The van der Waals surface area contributed by atoms with Crippen molar-refractivity contribution in [1.82, 2.24) is 9.80 Å². The predicted octanol–water partition coefficient (Wildman–Crippen LogP) is 5.91. The molecule has 0 bridgehead atoms. The van der Waals surface area contributed by atoms with E-state index >= 15 is 0 Å². The molecule has 4 aliphatic rings. The van der Waals surface area contributed by atoms with Gasteiger partial charge in [-0.1, -0.05) is 41.1 Å². The van der Waals surface area contributed by atoms with E-state index in [0.29, 0.717) is 29.8 Å². The van der Waals surface area contributed by atoms with E-state index in [0.717, 1.165) is 62.6 Å². The maximum absolute atomic E-state index is 13.8. The summed E-state index contributed by atoms with van der Waals surface area (Å²) in [5.74, 6) is 1.18. The molecule has 1 amide bonds. The standard InChI is InChI=1S/C28H32BrFN2O/c1-18-26-15-21-2-5-23(29)14-22(21)17-32(26)27(33)28(18)11-8-25(16-28)31-12-9-20(10-13-31)19-3-6-24(30)7-4-19/h2-7,14,18,20,25-26H,8-13,15-17H2,1H3/t18?,25-,26?,28+/m1/s1. The van der Waals surface area contributed by atoms with Crippen molar-refractivity contribution in [3.8, 4) is 0 Å². The molecule has 174 valence electrons. The molecule has 6 rings (SSSR count). The highest BCUT2D eigenvalue weighted by Crippen LogP contribution is 2.55. The van der Waals surface area contributed by atoms with E-state index in [9.17, 15) is 9.18 Å². The van der Waals surface area contributed by atoms with Crippen LogP contribution in [0.25, 0.3) is 0 Å². The van der Waals surface area contributed by atoms with Gasteiger partial charge >= 0.3 is 0 Å². The third kappa shape index (κ3) is 3.58. The monoisotopic (exact) mass is 510 g/mol. The van der Waals surface area contributed by atoms with Crippen molar-refractivity contribution in [3.63, 3.8) is 0 Å². The zero-order chi connectivity index (χ0) is 22.7. The maximum atomic E-state index is 13.8. The summed E-state index contributed by atoms with van der Waals surface area (Å²) < 4.78 is 14.4. The van der Waals surface area contributed by atoms with Crippen LogP contribution in [0, 0.1) is 17.2 Å². The molecule has 0 aromatic heterocycles. The fourth-order valence-electron chi connectivity index (χ4n) is 7.40. The van der Waals surface area contributed by atoms with E-state index in [4.69, 9.17) is 0 Å². The first-order valence-corrected chi connectivity index (χ1v) is 13.3. The molecule has 1 saturated carbocycles. The van der Waals surface area contributed by atoms with Crippen LogP contribution in [0.4, 0.5) is 4.39 Å². The third-order valence-corrected chi connectivity index (χ3v) is 9.88. The maximum Gasteiger partial charge on any atom is 0.229 e. The number of hydrogen-bond donors (Lipinski definition) is 0. The quantitative estimate of drug-likeness (QED) is 0.501. The zero-order valence-electron chi connectivity index (χ0n) is 19.3. The number of amides is 1. The summed E-state index contributed by atoms with van der Waals surface area (Å²) in [5, 5.41) is 0. The lowest BCUT2D eigenvalue weighted by molar-refractivity contribution is -0.138. The second-order valence-electron chi connectivity index (χ2n) is 10.8. The molecule has 0 radical (unpaired) electrons. The van der Waals surface area contributed by atoms with Crippen molar-refractivity contribution in [2.24, 2.45) is 11.3 Å². The summed E-state index contributed by atoms with van der Waals surface area (Å²) in [6.07, 6.45) is 6.42. The number of likely N-dealkylation sites (tertiary alicyclic amines) is 1. The Labute approximate surface area is 204 Å². The molecule has 5 heteroatoms. The van der Waals surface area contributed by atoms with Crippen molar-refractivity contribution >= 4 is 21.8 Å². The molecule has 4 atom stereocenters. The van der Waals surface area contributed by atoms with Gasteiger partial charge in [-0.15, -0.1) is 0 Å². The first-order valence-electron chi connectivity index (χ1n) is 12.5. The number of carbonyl (C=O) groups excluding carboxylic acids is 1. The Morgan fingerprint density at radius 2 is 1.79 bits per heavy atom. The van der Waals surface area contributed by atoms with E-state index in [1.807, 2.05) is 12.1 Å². The van der Waals surface area contributed by atoms with Gasteiger partial charge in [0, 0.05) is 23.1 Å². The van der Waals surface area contributed by atoms with Crippen LogP contribution in [0.3, 0.4) is 0 Å². The van der Waals surface area contributed by atoms with Gasteiger partial charge in [-0.2, -0.15) is 0 Å². The number of piperidine rings is 1. The number of nitrogens with zero attached hydrogens (tertiary/aromatic N) is 2. The van der Waals surface area contributed by atoms with Crippen LogP contribution in [0.5, 0.6) is 0 Å². The molecule has 1 aliphatic carbocycles. The van der Waals surface area contributed by atoms with Crippen LogP contribution >= 0.6 is 15.9 Å². The lowest BCUT2D eigenvalue weighted by Crippen LogP contribution is -2.42. The van der Waals surface area contributed by atoms with Gasteiger partial charge in [0.25, 0.3) is 0 Å². The summed E-state index contributed by atoms with van der Waals surface area (Å²) in [4.78, 5) is 18.7. The first kappa shape index (κ1) is 21.8. The molecular weight excluding hydrogens is 479 g/mol. The number of carbonyl (C=O) groups is 1. The molecule has 2 aromatic rings. The van der Waals surface area contributed by atoms with Crippen LogP contribution in [0.15, 0.2) is 46.9 Å². The highest BCUT2D eigenvalue weighted by molar-refractivity contribution is 9.10. The smallest absolute Gasteiger partial charge is 0.229 e. The van der Waals surface area contributed by atoms with Crippen LogP contribution in [0.2, 0.25) is 0 Å². The molecule has 0 N–H and O–H groups in total. The topological polar surface area (TPSA) is 23.6 Å². The molecule has 2 aromatic carbocycles. The molecule has 3 fully saturated rings. The summed E-state index contributed by atoms with van der Waals surface area (Å²) in [7, 11) is 0. The Kier molecular flexibility index (Phi) is 5.41. The number of benzene rings is 2. The minimum Gasteiger partial charge on any atom is -0.334 e. The highest BCUT2D eigenvalue weighted by Gasteiger charge is 2.60. The summed E-state index contributed by atoms with van der Waals surface area (Å²) in [6.45, 7) is 5.27. The second-order valence-corrected chi connectivity index (χ2v) is 11.7. The van der Waals surface area contributed by atoms with E-state index in [2.05, 4.69) is 50.9 Å². The van der Waals surface area contributed by atoms with Gasteiger partial charge in [-0.3, -0.25) is 4.79 Å². The van der Waals surface area contributed by atoms with Gasteiger partial charge < -0.3 is 9.80 Å². The summed E-state index contributed by atoms with van der Waals surface area (Å²) in [5.41, 5.74) is 3.80. The van der Waals surface area contributed by atoms with Crippen molar-refractivity contribution in [3.05, 3.63) is 69.4 Å². The minimum absolute atomic E-state index is 0.158. The first-order chi connectivity index (χ1) is 15.9. The summed E-state index contributed by atoms with van der Waals surface area (Å²) in [6, 6.07) is 14.5. The average Bonchev–Trinajstić information content (AvgIpc) is 3.36. The fraction of sp³-hybridized carbons (Fsp3) is 0.536. The number of hydrogen-bond acceptors (Lipinski definition) is 2. The minimum atomic E-state index is -0.178. The van der Waals surface area contributed by atoms with Gasteiger partial charge in [0.15, 0.2) is 0 Å². The van der Waals surface area contributed by atoms with Gasteiger partial charge in [0.1, 0.15) is 5.82 Å². The SMILES string of the molecule is CC1C2Cc3ccc(Br)cc3CN2C(=O)[C@]12CC[C@@H](N1CCC(c3ccc(F)cc3)CC1)C2. The Morgan fingerprint density at radius 3 is 2.55 bits per heavy atom. The Balaban J connectivity index is 1.14. The fourth-order valence-corrected chi connectivity index (χ4v) is 7.80. The molecule has 33 heavy (non-hydrogen) atoms. The van der Waals surface area contributed by atoms with Crippen molar-refractivity contribution in [1.29, 1.82) is 0 Å². The zero-order valence-corrected chi connectivity index (χ0v) is 20.9. The van der Waals surface area contributed by atoms with Gasteiger partial charge in [-0.05, 0) is 104 Å². The van der Waals surface area contributed by atoms with E-state index in [1.54, 1.807) is 12.1 Å². The molecular formula is C28H32BrFN2O. The number of rotatable bonds is 2. The van der Waals surface area contributed by atoms with E-state index < -0.39 is 0 Å². The number of halogens is 2. The van der Waals surface area contributed by atoms with E-state index in [1.165, 1.54) is 16.7 Å². The van der Waals surface area contributed by atoms with Crippen LogP contribution in [0.1, 0.15) is 61.6 Å². The Hall–Kier alpha value is -1.72. The highest BCUT2D eigenvalue weighted by atomic mass is 79.9. The van der Waals surface area contributed by atoms with E-state index in [-0.39, 0.29) is 11.2 Å². The molecule has 3 heterocycles. The average molecular weight is 511 g/mol. The largest absolute Gasteiger partial charge is 0.334 e. The van der Waals surface area contributed by atoms with Gasteiger partial charge in [0.2, 0.25) is 5.91 Å². The molecule has 2 unspecified atom stereocenters. The molecule has 2 saturated heterocycles. The normalized spacial score (nSPS) is 32.4. The summed E-state index contributed by atoms with van der Waals surface area (Å²) >= 11 is 3.60. The number of fused-ring (bicyclic) bond motifs is 2. The Morgan fingerprint density at radius 1 is 1.03 bits per heavy atom. The molecule has 1 spiro atoms. The lowest BCUT2D eigenvalue weighted by atomic mass is 9.73. The molecule has 3 aliphatic heterocycles. The van der Waals surface area contributed by atoms with Gasteiger partial charge in [-0.25, -0.2) is 4.39 Å². The lowest BCUT2D eigenvalue weighted by Gasteiger charge is -2.37. The van der Waals surface area contributed by atoms with Crippen LogP contribution < -0.4 is 0 Å². The predicted molar refractivity (Wildman–Crippen MR) is 131 cm³/mol. The molecule has 3 nitrogen and oxygen atoms in total. The third-order valence-electron chi connectivity index (χ3n) is 9.38. The van der Waals surface area contributed by atoms with Crippen molar-refractivity contribution in [2.45, 2.75) is 70.0 Å². The van der Waals surface area contributed by atoms with Crippen molar-refractivity contribution < 1.29 is 9.18 Å². The van der Waals surface area contributed by atoms with Crippen LogP contribution in [-0.4, -0.2) is 40.9 Å². The van der Waals surface area contributed by atoms with Crippen LogP contribution in [-0.2, 0) is 17.8 Å².